The maximum Gasteiger partial charge on any atom is 0.228 e. The van der Waals surface area contributed by atoms with Crippen molar-refractivity contribution in [1.29, 1.82) is 0 Å². The molecule has 0 bridgehead atoms. The lowest BCUT2D eigenvalue weighted by atomic mass is 10.1. The Labute approximate surface area is 129 Å². The highest BCUT2D eigenvalue weighted by Crippen LogP contribution is 2.24. The van der Waals surface area contributed by atoms with Crippen molar-refractivity contribution in [2.75, 3.05) is 13.6 Å². The molecular weight excluding hydrogens is 282 g/mol. The quantitative estimate of drug-likeness (QED) is 0.923. The van der Waals surface area contributed by atoms with Gasteiger partial charge in [-0.05, 0) is 19.9 Å². The van der Waals surface area contributed by atoms with E-state index in [1.165, 1.54) is 5.56 Å². The second-order valence-electron chi connectivity index (χ2n) is 5.28. The molecule has 0 aliphatic rings. The van der Waals surface area contributed by atoms with Gasteiger partial charge in [0, 0.05) is 30.6 Å². The van der Waals surface area contributed by atoms with Crippen molar-refractivity contribution in [3.8, 4) is 10.6 Å². The Kier molecular flexibility index (Phi) is 5.09. The van der Waals surface area contributed by atoms with Gasteiger partial charge in [-0.2, -0.15) is 0 Å². The number of aryl methyl sites for hydroxylation is 1. The monoisotopic (exact) mass is 303 g/mol. The summed E-state index contributed by atoms with van der Waals surface area (Å²) >= 11 is 1.57. The number of amides is 1. The Morgan fingerprint density at radius 1 is 1.48 bits per heavy atom. The molecule has 1 aromatic carbocycles. The topological polar surface area (TPSA) is 59.2 Å². The van der Waals surface area contributed by atoms with Gasteiger partial charge in [-0.25, -0.2) is 4.98 Å². The van der Waals surface area contributed by atoms with Crippen LogP contribution in [0.1, 0.15) is 18.2 Å². The van der Waals surface area contributed by atoms with E-state index < -0.39 is 0 Å². The zero-order chi connectivity index (χ0) is 15.4. The summed E-state index contributed by atoms with van der Waals surface area (Å²) in [6, 6.07) is 8.28. The smallest absolute Gasteiger partial charge is 0.228 e. The summed E-state index contributed by atoms with van der Waals surface area (Å²) in [6.07, 6.45) is 0.323. The van der Waals surface area contributed by atoms with Crippen molar-refractivity contribution >= 4 is 17.2 Å². The first-order valence-electron chi connectivity index (χ1n) is 6.98. The third kappa shape index (κ3) is 3.89. The van der Waals surface area contributed by atoms with Gasteiger partial charge in [0.25, 0.3) is 0 Å². The lowest BCUT2D eigenvalue weighted by Gasteiger charge is -2.23. The first kappa shape index (κ1) is 15.7. The first-order chi connectivity index (χ1) is 10.0. The molecule has 1 heterocycles. The van der Waals surface area contributed by atoms with E-state index in [0.717, 1.165) is 16.3 Å². The highest BCUT2D eigenvalue weighted by molar-refractivity contribution is 7.13. The summed E-state index contributed by atoms with van der Waals surface area (Å²) in [5.74, 6) is 0.0500. The molecule has 5 heteroatoms. The third-order valence-corrected chi connectivity index (χ3v) is 4.48. The fourth-order valence-electron chi connectivity index (χ4n) is 1.98. The van der Waals surface area contributed by atoms with Gasteiger partial charge in [0.1, 0.15) is 5.01 Å². The molecule has 0 fully saturated rings. The van der Waals surface area contributed by atoms with E-state index in [1.807, 2.05) is 24.4 Å². The molecule has 1 aromatic heterocycles. The molecule has 2 aromatic rings. The SMILES string of the molecule is Cc1cccc(-c2nc(CC(=O)N(C)C(C)CN)cs2)c1. The minimum atomic E-state index is 0.0485. The first-order valence-corrected chi connectivity index (χ1v) is 7.86. The number of likely N-dealkylation sites (N-methyl/N-ethyl adjacent to an activating group) is 1. The number of nitrogens with two attached hydrogens (primary N) is 1. The van der Waals surface area contributed by atoms with Crippen LogP contribution >= 0.6 is 11.3 Å². The van der Waals surface area contributed by atoms with Crippen molar-refractivity contribution in [1.82, 2.24) is 9.88 Å². The molecule has 0 saturated heterocycles. The number of thiazole rings is 1. The van der Waals surface area contributed by atoms with E-state index in [1.54, 1.807) is 23.3 Å². The summed E-state index contributed by atoms with van der Waals surface area (Å²) in [5, 5.41) is 2.91. The van der Waals surface area contributed by atoms with Gasteiger partial charge < -0.3 is 10.6 Å². The predicted octanol–water partition coefficient (Wildman–Crippen LogP) is 2.47. The molecule has 0 radical (unpaired) electrons. The second-order valence-corrected chi connectivity index (χ2v) is 6.14. The van der Waals surface area contributed by atoms with Crippen LogP contribution in [0.15, 0.2) is 29.6 Å². The fourth-order valence-corrected chi connectivity index (χ4v) is 2.80. The highest BCUT2D eigenvalue weighted by Gasteiger charge is 2.16. The Balaban J connectivity index is 2.08. The van der Waals surface area contributed by atoms with Gasteiger partial charge in [-0.1, -0.05) is 23.8 Å². The van der Waals surface area contributed by atoms with Crippen LogP contribution in [0, 0.1) is 6.92 Å². The highest BCUT2D eigenvalue weighted by atomic mass is 32.1. The van der Waals surface area contributed by atoms with Gasteiger partial charge in [0.05, 0.1) is 12.1 Å². The van der Waals surface area contributed by atoms with Crippen LogP contribution in [0.25, 0.3) is 10.6 Å². The van der Waals surface area contributed by atoms with Crippen LogP contribution in [-0.4, -0.2) is 35.4 Å². The number of carbonyl (C=O) groups is 1. The number of benzene rings is 1. The average Bonchev–Trinajstić information content (AvgIpc) is 2.94. The van der Waals surface area contributed by atoms with E-state index in [9.17, 15) is 4.79 Å². The van der Waals surface area contributed by atoms with Crippen LogP contribution in [-0.2, 0) is 11.2 Å². The van der Waals surface area contributed by atoms with E-state index in [-0.39, 0.29) is 11.9 Å². The van der Waals surface area contributed by atoms with Gasteiger partial charge in [-0.15, -0.1) is 11.3 Å². The number of hydrogen-bond donors (Lipinski definition) is 1. The van der Waals surface area contributed by atoms with Crippen LogP contribution in [0.4, 0.5) is 0 Å². The molecule has 21 heavy (non-hydrogen) atoms. The number of rotatable bonds is 5. The molecule has 0 saturated carbocycles. The van der Waals surface area contributed by atoms with Crippen molar-refractivity contribution in [2.45, 2.75) is 26.3 Å². The summed E-state index contributed by atoms with van der Waals surface area (Å²) in [6.45, 7) is 4.47. The molecular formula is C16H21N3OS. The van der Waals surface area contributed by atoms with Gasteiger partial charge in [0.15, 0.2) is 0 Å². The van der Waals surface area contributed by atoms with Crippen molar-refractivity contribution in [2.24, 2.45) is 5.73 Å². The zero-order valence-corrected chi connectivity index (χ0v) is 13.5. The van der Waals surface area contributed by atoms with Crippen molar-refractivity contribution in [3.63, 3.8) is 0 Å². The molecule has 0 aliphatic heterocycles. The maximum atomic E-state index is 12.1. The Hall–Kier alpha value is -1.72. The van der Waals surface area contributed by atoms with Crippen LogP contribution in [0.5, 0.6) is 0 Å². The minimum absolute atomic E-state index is 0.0485. The Morgan fingerprint density at radius 3 is 2.90 bits per heavy atom. The molecule has 1 atom stereocenters. The normalized spacial score (nSPS) is 12.2. The van der Waals surface area contributed by atoms with Crippen LogP contribution in [0.2, 0.25) is 0 Å². The number of hydrogen-bond acceptors (Lipinski definition) is 4. The summed E-state index contributed by atoms with van der Waals surface area (Å²) in [7, 11) is 1.79. The standard InChI is InChI=1S/C16H21N3OS/c1-11-5-4-6-13(7-11)16-18-14(10-21-16)8-15(20)19(3)12(2)9-17/h4-7,10,12H,8-9,17H2,1-3H3. The lowest BCUT2D eigenvalue weighted by molar-refractivity contribution is -0.130. The van der Waals surface area contributed by atoms with Gasteiger partial charge in [0.2, 0.25) is 5.91 Å². The average molecular weight is 303 g/mol. The minimum Gasteiger partial charge on any atom is -0.341 e. The van der Waals surface area contributed by atoms with E-state index in [4.69, 9.17) is 5.73 Å². The summed E-state index contributed by atoms with van der Waals surface area (Å²) in [4.78, 5) is 18.4. The number of carbonyl (C=O) groups excluding carboxylic acids is 1. The van der Waals surface area contributed by atoms with E-state index >= 15 is 0 Å². The van der Waals surface area contributed by atoms with Crippen LogP contribution in [0.3, 0.4) is 0 Å². The summed E-state index contributed by atoms with van der Waals surface area (Å²) < 4.78 is 0. The van der Waals surface area contributed by atoms with E-state index in [2.05, 4.69) is 24.0 Å². The number of nitrogens with zero attached hydrogens (tertiary/aromatic N) is 2. The fraction of sp³-hybridized carbons (Fsp3) is 0.375. The second kappa shape index (κ2) is 6.83. The summed E-state index contributed by atoms with van der Waals surface area (Å²) in [5.41, 5.74) is 8.71. The van der Waals surface area contributed by atoms with Crippen molar-refractivity contribution in [3.05, 3.63) is 40.9 Å². The Morgan fingerprint density at radius 2 is 2.24 bits per heavy atom. The molecule has 0 aliphatic carbocycles. The van der Waals surface area contributed by atoms with Crippen LogP contribution < -0.4 is 5.73 Å². The predicted molar refractivity (Wildman–Crippen MR) is 87.3 cm³/mol. The molecule has 4 nitrogen and oxygen atoms in total. The number of aromatic nitrogens is 1. The van der Waals surface area contributed by atoms with Gasteiger partial charge in [-0.3, -0.25) is 4.79 Å². The lowest BCUT2D eigenvalue weighted by Crippen LogP contribution is -2.40. The van der Waals surface area contributed by atoms with E-state index in [0.29, 0.717) is 13.0 Å². The largest absolute Gasteiger partial charge is 0.341 e. The molecule has 0 spiro atoms. The Bertz CT molecular complexity index is 623. The maximum absolute atomic E-state index is 12.1. The third-order valence-electron chi connectivity index (χ3n) is 3.54. The van der Waals surface area contributed by atoms with Gasteiger partial charge >= 0.3 is 0 Å². The molecule has 1 amide bonds. The molecule has 2 rings (SSSR count). The molecule has 112 valence electrons. The molecule has 2 N–H and O–H groups in total. The zero-order valence-electron chi connectivity index (χ0n) is 12.7. The molecule has 1 unspecified atom stereocenters. The van der Waals surface area contributed by atoms with Crippen molar-refractivity contribution < 1.29 is 4.79 Å².